The SMILES string of the molecule is CNc1nc(N)nc(CCC(F)(F)C(F)(F)F)n1. The Kier molecular flexibility index (Phi) is 3.87. The maximum absolute atomic E-state index is 12.7. The van der Waals surface area contributed by atoms with Crippen LogP contribution in [0.2, 0.25) is 0 Å². The summed E-state index contributed by atoms with van der Waals surface area (Å²) in [6, 6.07) is 0. The van der Waals surface area contributed by atoms with Gasteiger partial charge < -0.3 is 11.1 Å². The second-order valence-electron chi connectivity index (χ2n) is 3.39. The summed E-state index contributed by atoms with van der Waals surface area (Å²) in [7, 11) is 1.45. The number of aryl methyl sites for hydroxylation is 1. The van der Waals surface area contributed by atoms with Crippen molar-refractivity contribution in [2.75, 3.05) is 18.1 Å². The van der Waals surface area contributed by atoms with Gasteiger partial charge in [-0.3, -0.25) is 0 Å². The number of alkyl halides is 5. The highest BCUT2D eigenvalue weighted by Gasteiger charge is 2.56. The third-order valence-electron chi connectivity index (χ3n) is 2.00. The van der Waals surface area contributed by atoms with Gasteiger partial charge in [-0.15, -0.1) is 0 Å². The Morgan fingerprint density at radius 2 is 1.72 bits per heavy atom. The predicted octanol–water partition coefficient (Wildman–Crippen LogP) is 1.63. The van der Waals surface area contributed by atoms with Crippen molar-refractivity contribution in [3.63, 3.8) is 0 Å². The zero-order valence-electron chi connectivity index (χ0n) is 9.22. The molecule has 0 saturated heterocycles. The molecule has 18 heavy (non-hydrogen) atoms. The first-order valence-electron chi connectivity index (χ1n) is 4.78. The van der Waals surface area contributed by atoms with Gasteiger partial charge in [-0.2, -0.15) is 36.9 Å². The van der Waals surface area contributed by atoms with Crippen molar-refractivity contribution in [3.8, 4) is 0 Å². The first-order valence-corrected chi connectivity index (χ1v) is 4.78. The van der Waals surface area contributed by atoms with Crippen LogP contribution in [0.1, 0.15) is 12.2 Å². The molecule has 5 nitrogen and oxygen atoms in total. The van der Waals surface area contributed by atoms with Crippen LogP contribution in [-0.2, 0) is 6.42 Å². The monoisotopic (exact) mass is 271 g/mol. The molecule has 0 fully saturated rings. The first kappa shape index (κ1) is 14.3. The molecule has 0 aliphatic rings. The summed E-state index contributed by atoms with van der Waals surface area (Å²) in [5.74, 6) is -5.25. The topological polar surface area (TPSA) is 76.7 Å². The minimum absolute atomic E-state index is 0.00725. The van der Waals surface area contributed by atoms with Crippen molar-refractivity contribution in [1.29, 1.82) is 0 Å². The average Bonchev–Trinajstić information content (AvgIpc) is 2.24. The van der Waals surface area contributed by atoms with E-state index < -0.39 is 24.9 Å². The summed E-state index contributed by atoms with van der Waals surface area (Å²) in [6.45, 7) is 0. The molecule has 0 aliphatic carbocycles. The zero-order valence-corrected chi connectivity index (χ0v) is 9.22. The highest BCUT2D eigenvalue weighted by Crippen LogP contribution is 2.38. The van der Waals surface area contributed by atoms with E-state index in [0.29, 0.717) is 0 Å². The summed E-state index contributed by atoms with van der Waals surface area (Å²) < 4.78 is 61.1. The maximum Gasteiger partial charge on any atom is 0.453 e. The second kappa shape index (κ2) is 4.86. The Morgan fingerprint density at radius 1 is 1.11 bits per heavy atom. The van der Waals surface area contributed by atoms with Crippen LogP contribution in [0.4, 0.5) is 33.8 Å². The number of hydrogen-bond donors (Lipinski definition) is 2. The van der Waals surface area contributed by atoms with Crippen LogP contribution >= 0.6 is 0 Å². The molecule has 0 spiro atoms. The Morgan fingerprint density at radius 3 is 2.22 bits per heavy atom. The Labute approximate surface area is 98.6 Å². The van der Waals surface area contributed by atoms with E-state index in [4.69, 9.17) is 5.73 Å². The molecule has 0 atom stereocenters. The second-order valence-corrected chi connectivity index (χ2v) is 3.39. The number of nitrogens with two attached hydrogens (primary N) is 1. The number of anilines is 2. The van der Waals surface area contributed by atoms with E-state index in [1.54, 1.807) is 0 Å². The van der Waals surface area contributed by atoms with Crippen LogP contribution in [0.5, 0.6) is 0 Å². The number of nitrogens with zero attached hydrogens (tertiary/aromatic N) is 3. The molecule has 0 aliphatic heterocycles. The largest absolute Gasteiger partial charge is 0.453 e. The quantitative estimate of drug-likeness (QED) is 0.814. The summed E-state index contributed by atoms with van der Waals surface area (Å²) in [6.07, 6.45) is -7.69. The van der Waals surface area contributed by atoms with Gasteiger partial charge in [0.1, 0.15) is 5.82 Å². The lowest BCUT2D eigenvalue weighted by Gasteiger charge is -2.18. The van der Waals surface area contributed by atoms with E-state index >= 15 is 0 Å². The number of nitrogen functional groups attached to an aromatic ring is 1. The third-order valence-corrected chi connectivity index (χ3v) is 2.00. The maximum atomic E-state index is 12.7. The smallest absolute Gasteiger partial charge is 0.368 e. The third kappa shape index (κ3) is 3.37. The van der Waals surface area contributed by atoms with Crippen LogP contribution < -0.4 is 11.1 Å². The highest BCUT2D eigenvalue weighted by atomic mass is 19.4. The lowest BCUT2D eigenvalue weighted by atomic mass is 10.1. The normalized spacial score (nSPS) is 12.6. The molecule has 0 amide bonds. The summed E-state index contributed by atoms with van der Waals surface area (Å²) in [5, 5.41) is 2.48. The molecule has 1 heterocycles. The Hall–Kier alpha value is -1.74. The Bertz CT molecular complexity index is 419. The number of rotatable bonds is 4. The van der Waals surface area contributed by atoms with Gasteiger partial charge in [0.15, 0.2) is 0 Å². The molecule has 0 saturated carbocycles. The van der Waals surface area contributed by atoms with Gasteiger partial charge in [-0.05, 0) is 0 Å². The molecule has 3 N–H and O–H groups in total. The average molecular weight is 271 g/mol. The van der Waals surface area contributed by atoms with Gasteiger partial charge in [0, 0.05) is 19.9 Å². The van der Waals surface area contributed by atoms with E-state index in [-0.39, 0.29) is 17.7 Å². The van der Waals surface area contributed by atoms with Crippen molar-refractivity contribution in [1.82, 2.24) is 15.0 Å². The lowest BCUT2D eigenvalue weighted by molar-refractivity contribution is -0.284. The van der Waals surface area contributed by atoms with Crippen LogP contribution in [0, 0.1) is 0 Å². The van der Waals surface area contributed by atoms with Gasteiger partial charge in [0.25, 0.3) is 0 Å². The summed E-state index contributed by atoms with van der Waals surface area (Å²) in [4.78, 5) is 10.7. The van der Waals surface area contributed by atoms with Crippen molar-refractivity contribution in [2.45, 2.75) is 24.9 Å². The van der Waals surface area contributed by atoms with Crippen LogP contribution in [0.15, 0.2) is 0 Å². The van der Waals surface area contributed by atoms with Gasteiger partial charge >= 0.3 is 12.1 Å². The van der Waals surface area contributed by atoms with Crippen LogP contribution in [0.3, 0.4) is 0 Å². The van der Waals surface area contributed by atoms with Crippen molar-refractivity contribution < 1.29 is 22.0 Å². The van der Waals surface area contributed by atoms with E-state index in [1.807, 2.05) is 0 Å². The Balaban J connectivity index is 2.78. The lowest BCUT2D eigenvalue weighted by Crippen LogP contribution is -2.36. The first-order chi connectivity index (χ1) is 8.15. The molecule has 0 aromatic carbocycles. The fourth-order valence-electron chi connectivity index (χ4n) is 1.07. The molecule has 102 valence electrons. The van der Waals surface area contributed by atoms with E-state index in [1.165, 1.54) is 7.05 Å². The molecule has 0 radical (unpaired) electrons. The molecular formula is C8H10F5N5. The molecular weight excluding hydrogens is 261 g/mol. The predicted molar refractivity (Wildman–Crippen MR) is 53.1 cm³/mol. The molecule has 0 unspecified atom stereocenters. The summed E-state index contributed by atoms with van der Waals surface area (Å²) >= 11 is 0. The van der Waals surface area contributed by atoms with Crippen molar-refractivity contribution in [3.05, 3.63) is 5.82 Å². The van der Waals surface area contributed by atoms with Gasteiger partial charge in [0.2, 0.25) is 11.9 Å². The number of aromatic nitrogens is 3. The van der Waals surface area contributed by atoms with Crippen LogP contribution in [0.25, 0.3) is 0 Å². The minimum atomic E-state index is -5.59. The number of hydrogen-bond acceptors (Lipinski definition) is 5. The zero-order chi connectivity index (χ0) is 14.0. The molecule has 10 heteroatoms. The number of halogens is 5. The number of nitrogens with one attached hydrogen (secondary N) is 1. The van der Waals surface area contributed by atoms with Crippen LogP contribution in [-0.4, -0.2) is 34.1 Å². The minimum Gasteiger partial charge on any atom is -0.368 e. The molecule has 1 rings (SSSR count). The fraction of sp³-hybridized carbons (Fsp3) is 0.625. The van der Waals surface area contributed by atoms with Crippen molar-refractivity contribution in [2.24, 2.45) is 0 Å². The van der Waals surface area contributed by atoms with E-state index in [0.717, 1.165) is 0 Å². The van der Waals surface area contributed by atoms with Gasteiger partial charge in [0.05, 0.1) is 0 Å². The highest BCUT2D eigenvalue weighted by molar-refractivity contribution is 5.30. The van der Waals surface area contributed by atoms with Gasteiger partial charge in [-0.1, -0.05) is 0 Å². The molecule has 1 aromatic heterocycles. The van der Waals surface area contributed by atoms with E-state index in [2.05, 4.69) is 20.3 Å². The van der Waals surface area contributed by atoms with Crippen molar-refractivity contribution >= 4 is 11.9 Å². The van der Waals surface area contributed by atoms with E-state index in [9.17, 15) is 22.0 Å². The summed E-state index contributed by atoms with van der Waals surface area (Å²) in [5.41, 5.74) is 5.25. The van der Waals surface area contributed by atoms with Gasteiger partial charge in [-0.25, -0.2) is 0 Å². The molecule has 0 bridgehead atoms. The standard InChI is InChI=1S/C8H10F5N5/c1-15-6-17-4(16-5(14)18-6)2-3-7(9,10)8(11,12)13/h2-3H2,1H3,(H3,14,15,16,17,18). The fourth-order valence-corrected chi connectivity index (χ4v) is 1.07. The molecule has 1 aromatic rings.